The molecule has 0 spiro atoms. The summed E-state index contributed by atoms with van der Waals surface area (Å²) in [6.45, 7) is 32.4. The molecule has 24 heteroatoms. The van der Waals surface area contributed by atoms with E-state index in [9.17, 15) is 58.5 Å². The van der Waals surface area contributed by atoms with E-state index in [1.165, 1.54) is 5.01 Å². The molecule has 0 fully saturated rings. The number of aliphatic hydroxyl groups excluding tert-OH is 3. The first-order valence-electron chi connectivity index (χ1n) is 43.8. The summed E-state index contributed by atoms with van der Waals surface area (Å²) < 4.78 is 0. The summed E-state index contributed by atoms with van der Waals surface area (Å²) >= 11 is 0. The second-order valence-corrected chi connectivity index (χ2v) is 32.2. The van der Waals surface area contributed by atoms with E-state index in [2.05, 4.69) is 56.9 Å². The van der Waals surface area contributed by atoms with E-state index in [-0.39, 0.29) is 89.5 Å². The number of aliphatic hydroxyl groups is 3. The fraction of sp³-hybridized carbons (Fsp3) is 0.485. The highest BCUT2D eigenvalue weighted by Gasteiger charge is 2.31. The first kappa shape index (κ1) is 104. The molecule has 0 aliphatic heterocycles. The van der Waals surface area contributed by atoms with Crippen molar-refractivity contribution in [2.45, 2.75) is 217 Å². The van der Waals surface area contributed by atoms with Gasteiger partial charge < -0.3 is 46.0 Å². The zero-order chi connectivity index (χ0) is 91.1. The van der Waals surface area contributed by atoms with Crippen molar-refractivity contribution in [2.75, 3.05) is 79.0 Å². The Balaban J connectivity index is 0.000000387. The lowest BCUT2D eigenvalue weighted by atomic mass is 9.99. The topological polar surface area (TPSA) is 306 Å². The van der Waals surface area contributed by atoms with Gasteiger partial charge in [-0.2, -0.15) is 0 Å². The fourth-order valence-corrected chi connectivity index (χ4v) is 13.6. The summed E-state index contributed by atoms with van der Waals surface area (Å²) in [5, 5.41) is 47.8. The molecule has 6 rings (SSSR count). The molecule has 9 N–H and O–H groups in total. The van der Waals surface area contributed by atoms with Crippen LogP contribution in [0.2, 0.25) is 0 Å². The number of carbonyl (C=O) groups excluding carboxylic acids is 9. The first-order chi connectivity index (χ1) is 58.8. The molecule has 6 unspecified atom stereocenters. The quantitative estimate of drug-likeness (QED) is 0.0127. The Bertz CT molecular complexity index is 4390. The maximum atomic E-state index is 13.6. The molecule has 0 heterocycles. The van der Waals surface area contributed by atoms with E-state index in [1.54, 1.807) is 100 Å². The third-order valence-corrected chi connectivity index (χ3v) is 19.9. The number of hydrogen-bond donors (Lipinski definition) is 9. The van der Waals surface area contributed by atoms with E-state index >= 15 is 0 Å². The van der Waals surface area contributed by atoms with Gasteiger partial charge in [-0.1, -0.05) is 212 Å². The minimum Gasteiger partial charge on any atom is -0.390 e. The fourth-order valence-electron chi connectivity index (χ4n) is 13.6. The van der Waals surface area contributed by atoms with Crippen LogP contribution in [0.25, 0.3) is 0 Å². The molecule has 9 amide bonds. The molecule has 6 atom stereocenters. The second kappa shape index (κ2) is 56.6. The van der Waals surface area contributed by atoms with E-state index in [0.29, 0.717) is 111 Å². The molecule has 0 aliphatic rings. The number of hydrazine groups is 3. The van der Waals surface area contributed by atoms with Gasteiger partial charge in [-0.3, -0.25) is 59.4 Å². The van der Waals surface area contributed by atoms with Crippen LogP contribution in [0, 0.1) is 54.8 Å². The van der Waals surface area contributed by atoms with Crippen LogP contribution in [-0.2, 0) is 33.6 Å². The number of nitrogens with one attached hydrogen (secondary N) is 6. The lowest BCUT2D eigenvalue weighted by Crippen LogP contribution is -2.54. The molecular weight excluding hydrogens is 1550 g/mol. The van der Waals surface area contributed by atoms with Gasteiger partial charge in [0.1, 0.15) is 0 Å². The monoisotopic (exact) mass is 1690 g/mol. The van der Waals surface area contributed by atoms with Crippen molar-refractivity contribution in [3.63, 3.8) is 0 Å². The Morgan fingerprint density at radius 3 is 0.894 bits per heavy atom. The number of rotatable bonds is 48. The van der Waals surface area contributed by atoms with Crippen LogP contribution in [0.4, 0.5) is 0 Å². The zero-order valence-corrected chi connectivity index (χ0v) is 75.5. The number of carbonyl (C=O) groups is 9. The van der Waals surface area contributed by atoms with Crippen molar-refractivity contribution >= 4 is 53.2 Å². The highest BCUT2D eigenvalue weighted by molar-refractivity contribution is 6.02. The van der Waals surface area contributed by atoms with Crippen molar-refractivity contribution in [3.8, 4) is 37.0 Å². The maximum absolute atomic E-state index is 13.6. The van der Waals surface area contributed by atoms with Gasteiger partial charge in [-0.25, -0.2) is 15.0 Å². The van der Waals surface area contributed by atoms with Gasteiger partial charge in [0.15, 0.2) is 0 Å². The van der Waals surface area contributed by atoms with Gasteiger partial charge in [-0.05, 0) is 148 Å². The Labute approximate surface area is 732 Å². The molecule has 0 aromatic heterocycles. The summed E-state index contributed by atoms with van der Waals surface area (Å²) in [6, 6.07) is 41.0. The van der Waals surface area contributed by atoms with Crippen molar-refractivity contribution in [1.82, 2.24) is 62.0 Å². The Hall–Kier alpha value is -11.0. The number of unbranched alkanes of at least 4 members (excludes halogenated alkanes) is 1. The normalized spacial score (nSPS) is 12.5. The summed E-state index contributed by atoms with van der Waals surface area (Å²) in [7, 11) is 1.68. The molecule has 0 saturated heterocycles. The van der Waals surface area contributed by atoms with E-state index in [0.717, 1.165) is 74.5 Å². The van der Waals surface area contributed by atoms with Crippen LogP contribution < -0.4 is 32.2 Å². The number of likely N-dealkylation sites (N-methyl/N-ethyl adjacent to an activating group) is 1. The molecule has 6 aromatic carbocycles. The Morgan fingerprint density at radius 2 is 0.634 bits per heavy atom. The third-order valence-electron chi connectivity index (χ3n) is 19.9. The zero-order valence-electron chi connectivity index (χ0n) is 75.5. The van der Waals surface area contributed by atoms with E-state index < -0.39 is 54.2 Å². The number of nitrogens with zero attached hydrogens (tertiary/aromatic N) is 6. The molecule has 6 aromatic rings. The van der Waals surface area contributed by atoms with Gasteiger partial charge in [0, 0.05) is 147 Å². The lowest BCUT2D eigenvalue weighted by molar-refractivity contribution is -0.130. The highest BCUT2D eigenvalue weighted by atomic mass is 16.3. The standard InChI is InChI=1S/C34H48N4O4.C33H46N4O4.C32H44N4O4/c1-7-11-19-38(36-32(40)25(5)6)24-31(39)30(22-27-15-13-12-14-16-27)35-33(41)28-20-26(10-4)21-29(23-28)34(42)37(17-8-2)18-9-3;1-7-16-36(17-8-2)33(41)28-20-25(10-4)19-27(22-28)32(40)34-29(21-26-14-12-11-13-15-26)30(38)23-37(18-9-3)35-31(39)24(5)6;1-7-15-36(16-8-2)32(40)27-19-24(9-3)18-26(21-27)31(39)33-28(20-25-13-11-10-12-14-25)29(37)22-35(6)34-30(38)17-23(4)5/h4,12-16,20-21,23,25,30-31,39H,7-9,11,17-19,22,24H2,1-3,5-6H3,(H,35,41)(H,36,40);4,11-15,19-20,22,24,29-30,38H,7-9,16-18,21,23H2,1-3,5-6H3,(H,34,40)(H,35,39);3,10-14,18-19,21,23,28-29,37H,7-8,15-17,20,22H2,1-2,4-6H3,(H,33,39)(H,34,38). The highest BCUT2D eigenvalue weighted by Crippen LogP contribution is 2.21. The van der Waals surface area contributed by atoms with Gasteiger partial charge in [0.05, 0.1) is 36.4 Å². The minimum absolute atomic E-state index is 0.0960. The minimum atomic E-state index is -1.00. The van der Waals surface area contributed by atoms with Crippen LogP contribution >= 0.6 is 0 Å². The Morgan fingerprint density at radius 1 is 0.358 bits per heavy atom. The number of terminal acetylenes is 3. The van der Waals surface area contributed by atoms with Crippen molar-refractivity contribution in [2.24, 2.45) is 17.8 Å². The molecule has 123 heavy (non-hydrogen) atoms. The molecule has 666 valence electrons. The SMILES string of the molecule is C#Cc1cc(C(=O)NC(Cc2ccccc2)C(O)CN(C)NC(=O)CC(C)C)cc(C(=O)N(CCC)CCC)c1.C#Cc1cc(C(=O)NC(Cc2ccccc2)C(O)CN(CCC)NC(=O)C(C)C)cc(C(=O)N(CCC)CCC)c1.C#Cc1cc(C(=O)NC(Cc2ccccc2)C(O)CN(CCCC)NC(=O)C(C)C)cc(C(=O)N(CCC)CCC)c1. The first-order valence-corrected chi connectivity index (χ1v) is 43.8. The number of benzene rings is 6. The molecule has 24 nitrogen and oxygen atoms in total. The summed E-state index contributed by atoms with van der Waals surface area (Å²) in [5.74, 6) is 5.19. The number of amides is 9. The van der Waals surface area contributed by atoms with Gasteiger partial charge in [-0.15, -0.1) is 19.3 Å². The largest absolute Gasteiger partial charge is 0.390 e. The average molecular weight is 1690 g/mol. The van der Waals surface area contributed by atoms with Crippen molar-refractivity contribution in [1.29, 1.82) is 0 Å². The third kappa shape index (κ3) is 37.3. The summed E-state index contributed by atoms with van der Waals surface area (Å²) in [4.78, 5) is 123. The van der Waals surface area contributed by atoms with Gasteiger partial charge >= 0.3 is 0 Å². The predicted molar refractivity (Wildman–Crippen MR) is 489 cm³/mol. The maximum Gasteiger partial charge on any atom is 0.253 e. The average Bonchev–Trinajstić information content (AvgIpc) is 0.828. The summed E-state index contributed by atoms with van der Waals surface area (Å²) in [6.07, 6.45) is 23.0. The van der Waals surface area contributed by atoms with Crippen LogP contribution in [0.3, 0.4) is 0 Å². The summed E-state index contributed by atoms with van der Waals surface area (Å²) in [5.41, 5.74) is 14.5. The molecule has 0 bridgehead atoms. The molecule has 0 saturated carbocycles. The molecular formula is C99H138N12O12. The smallest absolute Gasteiger partial charge is 0.253 e. The van der Waals surface area contributed by atoms with Gasteiger partial charge in [0.2, 0.25) is 17.7 Å². The van der Waals surface area contributed by atoms with Crippen LogP contribution in [-0.4, -0.2) is 214 Å². The van der Waals surface area contributed by atoms with Crippen molar-refractivity contribution in [3.05, 3.63) is 212 Å². The number of hydrogen-bond acceptors (Lipinski definition) is 15. The van der Waals surface area contributed by atoms with Crippen LogP contribution in [0.15, 0.2) is 146 Å². The molecule has 0 radical (unpaired) electrons. The van der Waals surface area contributed by atoms with Crippen molar-refractivity contribution < 1.29 is 58.5 Å². The van der Waals surface area contributed by atoms with E-state index in [1.807, 2.05) is 167 Å². The van der Waals surface area contributed by atoms with Crippen LogP contribution in [0.5, 0.6) is 0 Å². The van der Waals surface area contributed by atoms with Crippen LogP contribution in [0.1, 0.15) is 257 Å². The Kier molecular flexibility index (Phi) is 48.0. The van der Waals surface area contributed by atoms with E-state index in [4.69, 9.17) is 19.3 Å². The van der Waals surface area contributed by atoms with Gasteiger partial charge in [0.25, 0.3) is 35.4 Å². The lowest BCUT2D eigenvalue weighted by Gasteiger charge is -2.31. The predicted octanol–water partition coefficient (Wildman–Crippen LogP) is 12.1. The molecule has 0 aliphatic carbocycles. The second-order valence-electron chi connectivity index (χ2n) is 32.2.